The maximum Gasteiger partial charge on any atom is 0.586 e. The summed E-state index contributed by atoms with van der Waals surface area (Å²) in [5.74, 6) is -0.854. The average molecular weight is 268 g/mol. The van der Waals surface area contributed by atoms with Crippen LogP contribution in [0.1, 0.15) is 17.3 Å². The van der Waals surface area contributed by atoms with Crippen LogP contribution < -0.4 is 14.8 Å². The number of benzene rings is 1. The molecule has 2 N–H and O–H groups in total. The lowest BCUT2D eigenvalue weighted by Crippen LogP contribution is -2.26. The largest absolute Gasteiger partial charge is 0.586 e. The first-order valence-corrected chi connectivity index (χ1v) is 5.33. The molecule has 100 valence electrons. The smallest absolute Gasteiger partial charge is 0.395 e. The summed E-state index contributed by atoms with van der Waals surface area (Å²) in [5.41, 5.74) is 0.425. The first-order valence-electron chi connectivity index (χ1n) is 5.33. The lowest BCUT2D eigenvalue weighted by atomic mass is 10.2. The summed E-state index contributed by atoms with van der Waals surface area (Å²) in [4.78, 5) is 11.8. The van der Waals surface area contributed by atoms with Gasteiger partial charge in [-0.05, 0) is 25.1 Å². The van der Waals surface area contributed by atoms with E-state index in [1.165, 1.54) is 18.2 Å². The second-order valence-electron chi connectivity index (χ2n) is 3.67. The van der Waals surface area contributed by atoms with E-state index in [4.69, 9.17) is 5.41 Å². The molecule has 0 bridgehead atoms. The van der Waals surface area contributed by atoms with Crippen LogP contribution in [0, 0.1) is 5.41 Å². The Morgan fingerprint density at radius 2 is 2.05 bits per heavy atom. The Morgan fingerprint density at radius 1 is 1.37 bits per heavy atom. The molecule has 0 fully saturated rings. The third-order valence-corrected chi connectivity index (χ3v) is 2.39. The van der Waals surface area contributed by atoms with Gasteiger partial charge in [0.2, 0.25) is 0 Å². The summed E-state index contributed by atoms with van der Waals surface area (Å²) in [6, 6.07) is 3.71. The molecule has 19 heavy (non-hydrogen) atoms. The van der Waals surface area contributed by atoms with Gasteiger partial charge < -0.3 is 20.2 Å². The third-order valence-electron chi connectivity index (χ3n) is 2.39. The van der Waals surface area contributed by atoms with Crippen LogP contribution in [0.4, 0.5) is 8.78 Å². The molecule has 0 aromatic heterocycles. The van der Waals surface area contributed by atoms with Crippen LogP contribution in [-0.2, 0) is 0 Å². The SMILES string of the molecule is C/C=C(\C=N)NC(=O)c1ccc2c(c1)OC(F)(F)O2. The lowest BCUT2D eigenvalue weighted by Gasteiger charge is -2.05. The molecule has 0 atom stereocenters. The topological polar surface area (TPSA) is 71.4 Å². The van der Waals surface area contributed by atoms with Crippen molar-refractivity contribution in [2.24, 2.45) is 0 Å². The van der Waals surface area contributed by atoms with E-state index in [9.17, 15) is 13.6 Å². The predicted molar refractivity (Wildman–Crippen MR) is 62.7 cm³/mol. The summed E-state index contributed by atoms with van der Waals surface area (Å²) in [5, 5.41) is 9.48. The number of hydrogen-bond donors (Lipinski definition) is 2. The van der Waals surface area contributed by atoms with Crippen LogP contribution in [0.15, 0.2) is 30.0 Å². The van der Waals surface area contributed by atoms with Crippen LogP contribution in [0.2, 0.25) is 0 Å². The molecule has 1 aliphatic rings. The monoisotopic (exact) mass is 268 g/mol. The first-order chi connectivity index (χ1) is 8.95. The van der Waals surface area contributed by atoms with Crippen molar-refractivity contribution in [1.82, 2.24) is 5.32 Å². The fourth-order valence-electron chi connectivity index (χ4n) is 1.49. The molecular weight excluding hydrogens is 258 g/mol. The molecule has 1 aromatic carbocycles. The second-order valence-corrected chi connectivity index (χ2v) is 3.67. The van der Waals surface area contributed by atoms with Gasteiger partial charge in [-0.25, -0.2) is 0 Å². The molecule has 0 saturated heterocycles. The van der Waals surface area contributed by atoms with Crippen molar-refractivity contribution in [3.8, 4) is 11.5 Å². The van der Waals surface area contributed by atoms with E-state index in [1.807, 2.05) is 0 Å². The Balaban J connectivity index is 2.20. The Morgan fingerprint density at radius 3 is 2.68 bits per heavy atom. The maximum atomic E-state index is 12.8. The number of carbonyl (C=O) groups is 1. The molecule has 2 rings (SSSR count). The van der Waals surface area contributed by atoms with Crippen molar-refractivity contribution in [2.45, 2.75) is 13.2 Å². The number of hydrogen-bond acceptors (Lipinski definition) is 4. The van der Waals surface area contributed by atoms with Gasteiger partial charge in [0.15, 0.2) is 11.5 Å². The van der Waals surface area contributed by atoms with Crippen molar-refractivity contribution in [1.29, 1.82) is 5.41 Å². The van der Waals surface area contributed by atoms with Gasteiger partial charge in [0, 0.05) is 11.8 Å². The van der Waals surface area contributed by atoms with E-state index in [-0.39, 0.29) is 17.1 Å². The summed E-state index contributed by atoms with van der Waals surface area (Å²) in [7, 11) is 0. The number of allylic oxidation sites excluding steroid dienone is 2. The molecule has 0 saturated carbocycles. The normalized spacial score (nSPS) is 16.1. The number of nitrogens with one attached hydrogen (secondary N) is 2. The van der Waals surface area contributed by atoms with Gasteiger partial charge in [0.25, 0.3) is 5.91 Å². The molecule has 5 nitrogen and oxygen atoms in total. The lowest BCUT2D eigenvalue weighted by molar-refractivity contribution is -0.286. The molecule has 1 aliphatic heterocycles. The van der Waals surface area contributed by atoms with Gasteiger partial charge in [-0.3, -0.25) is 4.79 Å². The fraction of sp³-hybridized carbons (Fsp3) is 0.167. The van der Waals surface area contributed by atoms with Gasteiger partial charge in [-0.15, -0.1) is 8.78 Å². The van der Waals surface area contributed by atoms with Crippen molar-refractivity contribution >= 4 is 12.1 Å². The van der Waals surface area contributed by atoms with E-state index in [0.717, 1.165) is 12.3 Å². The van der Waals surface area contributed by atoms with E-state index >= 15 is 0 Å². The average Bonchev–Trinajstić information content (AvgIpc) is 2.68. The van der Waals surface area contributed by atoms with Crippen LogP contribution >= 0.6 is 0 Å². The van der Waals surface area contributed by atoms with Gasteiger partial charge in [-0.2, -0.15) is 0 Å². The van der Waals surface area contributed by atoms with Crippen molar-refractivity contribution in [2.75, 3.05) is 0 Å². The molecule has 0 radical (unpaired) electrons. The minimum absolute atomic E-state index is 0.125. The Hall–Kier alpha value is -2.44. The molecule has 0 aliphatic carbocycles. The predicted octanol–water partition coefficient (Wildman–Crippen LogP) is 2.29. The highest BCUT2D eigenvalue weighted by atomic mass is 19.3. The zero-order chi connectivity index (χ0) is 14.0. The summed E-state index contributed by atoms with van der Waals surface area (Å²) < 4.78 is 34.1. The van der Waals surface area contributed by atoms with Crippen LogP contribution in [0.5, 0.6) is 11.5 Å². The number of rotatable bonds is 3. The summed E-state index contributed by atoms with van der Waals surface area (Å²) in [6.45, 7) is 1.65. The zero-order valence-electron chi connectivity index (χ0n) is 9.87. The molecule has 0 spiro atoms. The maximum absolute atomic E-state index is 12.8. The van der Waals surface area contributed by atoms with E-state index in [0.29, 0.717) is 5.70 Å². The van der Waals surface area contributed by atoms with Gasteiger partial charge in [0.05, 0.1) is 5.70 Å². The quantitative estimate of drug-likeness (QED) is 0.826. The summed E-state index contributed by atoms with van der Waals surface area (Å²) >= 11 is 0. The fourth-order valence-corrected chi connectivity index (χ4v) is 1.49. The summed E-state index contributed by atoms with van der Waals surface area (Å²) in [6.07, 6.45) is -1.20. The number of amides is 1. The molecule has 1 amide bonds. The standard InChI is InChI=1S/C12H10F2N2O3/c1-2-8(6-15)16-11(17)7-3-4-9-10(5-7)19-12(13,14)18-9/h2-6,15H,1H3,(H,16,17)/b8-2+,15-6?. The van der Waals surface area contributed by atoms with E-state index < -0.39 is 12.2 Å². The Bertz CT molecular complexity index is 570. The van der Waals surface area contributed by atoms with Crippen molar-refractivity contribution in [3.63, 3.8) is 0 Å². The van der Waals surface area contributed by atoms with Gasteiger partial charge in [0.1, 0.15) is 0 Å². The number of halogens is 2. The minimum atomic E-state index is -3.71. The molecule has 0 unspecified atom stereocenters. The Labute approximate surface area is 107 Å². The van der Waals surface area contributed by atoms with Crippen molar-refractivity contribution in [3.05, 3.63) is 35.5 Å². The van der Waals surface area contributed by atoms with Crippen LogP contribution in [-0.4, -0.2) is 18.4 Å². The molecular formula is C12H10F2N2O3. The highest BCUT2D eigenvalue weighted by Gasteiger charge is 2.43. The highest BCUT2D eigenvalue weighted by molar-refractivity contribution is 5.99. The van der Waals surface area contributed by atoms with Crippen molar-refractivity contribution < 1.29 is 23.0 Å². The molecule has 1 heterocycles. The molecule has 7 heteroatoms. The number of fused-ring (bicyclic) bond motifs is 1. The molecule has 1 aromatic rings. The highest BCUT2D eigenvalue weighted by Crippen LogP contribution is 2.41. The number of alkyl halides is 2. The second kappa shape index (κ2) is 4.68. The zero-order valence-corrected chi connectivity index (χ0v) is 9.87. The Kier molecular flexibility index (Phi) is 3.20. The van der Waals surface area contributed by atoms with E-state index in [1.54, 1.807) is 6.92 Å². The van der Waals surface area contributed by atoms with Crippen LogP contribution in [0.3, 0.4) is 0 Å². The third kappa shape index (κ3) is 2.70. The first kappa shape index (κ1) is 13.0. The number of ether oxygens (including phenoxy) is 2. The van der Waals surface area contributed by atoms with E-state index in [2.05, 4.69) is 14.8 Å². The van der Waals surface area contributed by atoms with Crippen LogP contribution in [0.25, 0.3) is 0 Å². The van der Waals surface area contributed by atoms with Gasteiger partial charge >= 0.3 is 6.29 Å². The minimum Gasteiger partial charge on any atom is -0.395 e. The van der Waals surface area contributed by atoms with Gasteiger partial charge in [-0.1, -0.05) is 6.08 Å². The number of carbonyl (C=O) groups excluding carboxylic acids is 1.